The lowest BCUT2D eigenvalue weighted by molar-refractivity contribution is 0.657. The highest BCUT2D eigenvalue weighted by Crippen LogP contribution is 2.67. The van der Waals surface area contributed by atoms with E-state index < -0.39 is 5.41 Å². The van der Waals surface area contributed by atoms with Gasteiger partial charge in [-0.05, 0) is 148 Å². The molecule has 0 aromatic heterocycles. The third-order valence-electron chi connectivity index (χ3n) is 16.3. The molecule has 4 aliphatic carbocycles. The quantitative estimate of drug-likeness (QED) is 0.167. The first kappa shape index (κ1) is 39.2. The smallest absolute Gasteiger partial charge is 0.0725 e. The van der Waals surface area contributed by atoms with Crippen LogP contribution in [0.25, 0.3) is 66.8 Å². The van der Waals surface area contributed by atoms with Crippen LogP contribution in [0.3, 0.4) is 0 Å². The van der Waals surface area contributed by atoms with E-state index in [1.165, 1.54) is 111 Å². The minimum atomic E-state index is -0.447. The van der Waals surface area contributed by atoms with E-state index in [4.69, 9.17) is 0 Å². The second-order valence-electron chi connectivity index (χ2n) is 20.4. The summed E-state index contributed by atoms with van der Waals surface area (Å²) in [6, 6.07) is 84.7. The van der Waals surface area contributed by atoms with Gasteiger partial charge in [-0.25, -0.2) is 0 Å². The van der Waals surface area contributed by atoms with Crippen molar-refractivity contribution < 1.29 is 0 Å². The van der Waals surface area contributed by atoms with Gasteiger partial charge >= 0.3 is 0 Å². The number of rotatable bonds is 5. The van der Waals surface area contributed by atoms with Crippen molar-refractivity contribution >= 4 is 17.1 Å². The highest BCUT2D eigenvalue weighted by Gasteiger charge is 2.54. The Labute approximate surface area is 399 Å². The zero-order valence-corrected chi connectivity index (χ0v) is 38.8. The molecule has 1 spiro atoms. The van der Waals surface area contributed by atoms with Crippen LogP contribution in [0.4, 0.5) is 17.1 Å². The van der Waals surface area contributed by atoms with Crippen LogP contribution in [-0.2, 0) is 16.2 Å². The van der Waals surface area contributed by atoms with Gasteiger partial charge in [0.2, 0.25) is 0 Å². The maximum absolute atomic E-state index is 2.63. The summed E-state index contributed by atoms with van der Waals surface area (Å²) in [4.78, 5) is 2.49. The molecule has 10 aromatic rings. The van der Waals surface area contributed by atoms with Crippen LogP contribution in [-0.4, -0.2) is 0 Å². The maximum Gasteiger partial charge on any atom is 0.0725 e. The van der Waals surface area contributed by atoms with Crippen LogP contribution in [0, 0.1) is 0 Å². The summed E-state index contributed by atoms with van der Waals surface area (Å²) in [6.07, 6.45) is 0. The topological polar surface area (TPSA) is 3.24 Å². The number of fused-ring (bicyclic) bond motifs is 16. The molecule has 0 bridgehead atoms. The number of nitrogens with zero attached hydrogens (tertiary/aromatic N) is 1. The van der Waals surface area contributed by atoms with Gasteiger partial charge in [-0.2, -0.15) is 0 Å². The van der Waals surface area contributed by atoms with Crippen LogP contribution in [0.2, 0.25) is 0 Å². The predicted molar refractivity (Wildman–Crippen MR) is 283 cm³/mol. The van der Waals surface area contributed by atoms with Crippen molar-refractivity contribution in [3.05, 3.63) is 269 Å². The van der Waals surface area contributed by atoms with Gasteiger partial charge in [-0.15, -0.1) is 0 Å². The van der Waals surface area contributed by atoms with E-state index in [9.17, 15) is 0 Å². The number of hydrogen-bond donors (Lipinski definition) is 0. The van der Waals surface area contributed by atoms with Crippen molar-refractivity contribution in [1.29, 1.82) is 0 Å². The zero-order valence-electron chi connectivity index (χ0n) is 38.8. The Morgan fingerprint density at radius 2 is 0.632 bits per heavy atom. The van der Waals surface area contributed by atoms with E-state index in [0.29, 0.717) is 0 Å². The van der Waals surface area contributed by atoms with Gasteiger partial charge < -0.3 is 4.90 Å². The molecule has 10 aromatic carbocycles. The molecule has 1 nitrogen and oxygen atoms in total. The normalized spacial score (nSPS) is 15.1. The number of benzene rings is 10. The molecule has 0 N–H and O–H groups in total. The van der Waals surface area contributed by atoms with Gasteiger partial charge in [0, 0.05) is 27.9 Å². The molecule has 0 aliphatic heterocycles. The molecule has 0 saturated carbocycles. The molecule has 0 fully saturated rings. The molecular weight excluding hydrogens is 819 g/mol. The second kappa shape index (κ2) is 14.0. The molecular formula is C67H49N. The Balaban J connectivity index is 1.01. The molecule has 0 radical (unpaired) electrons. The van der Waals surface area contributed by atoms with Crippen LogP contribution in [0.15, 0.2) is 224 Å². The largest absolute Gasteiger partial charge is 0.310 e. The van der Waals surface area contributed by atoms with Crippen LogP contribution < -0.4 is 4.90 Å². The van der Waals surface area contributed by atoms with Crippen molar-refractivity contribution in [2.24, 2.45) is 0 Å². The SMILES string of the molecule is CC1(C)c2ccccc2-c2ccc(N(c3ccc(-c4ccccc4)cc3)c3ccc4c(c3)C(C)(C)c3cc5c(c(-c6ccccc6)c3-4)-c3ccccc3C53c4ccccc4-c4ccccc43)cc21. The third kappa shape index (κ3) is 5.11. The maximum atomic E-state index is 2.63. The van der Waals surface area contributed by atoms with Crippen molar-refractivity contribution in [3.63, 3.8) is 0 Å². The summed E-state index contributed by atoms with van der Waals surface area (Å²) in [7, 11) is 0. The lowest BCUT2D eigenvalue weighted by Gasteiger charge is -2.32. The molecule has 0 atom stereocenters. The first-order valence-corrected chi connectivity index (χ1v) is 24.2. The molecule has 322 valence electrons. The van der Waals surface area contributed by atoms with Gasteiger partial charge in [0.05, 0.1) is 5.41 Å². The average Bonchev–Trinajstić information content (AvgIpc) is 4.01. The van der Waals surface area contributed by atoms with Gasteiger partial charge in [0.15, 0.2) is 0 Å². The van der Waals surface area contributed by atoms with Crippen molar-refractivity contribution in [3.8, 4) is 66.8 Å². The summed E-state index contributed by atoms with van der Waals surface area (Å²) in [5.41, 5.74) is 29.2. The molecule has 4 aliphatic rings. The molecule has 0 unspecified atom stereocenters. The highest BCUT2D eigenvalue weighted by molar-refractivity contribution is 6.07. The molecule has 68 heavy (non-hydrogen) atoms. The highest BCUT2D eigenvalue weighted by atomic mass is 15.1. The summed E-state index contributed by atoms with van der Waals surface area (Å²) in [5, 5.41) is 0. The second-order valence-corrected chi connectivity index (χ2v) is 20.4. The standard InChI is InChI=1S/C67H49N/c1-65(2)54-27-15-11-23-48(54)51-37-35-46(39-58(51)65)68(45-33-31-43(32-34-45)42-19-7-5-8-20-42)47-36-38-53-59(40-47)66(3,4)60-41-61-64(62(63(53)60)44-21-9-6-10-22-44)52-26-14-18-30-57(52)67(61)55-28-16-12-24-49(55)50-25-13-17-29-56(50)67/h5-41H,1-4H3. The van der Waals surface area contributed by atoms with Gasteiger partial charge in [0.25, 0.3) is 0 Å². The lowest BCUT2D eigenvalue weighted by atomic mass is 9.69. The van der Waals surface area contributed by atoms with Crippen LogP contribution in [0.5, 0.6) is 0 Å². The Bertz CT molecular complexity index is 3680. The van der Waals surface area contributed by atoms with Gasteiger partial charge in [0.1, 0.15) is 0 Å². The minimum Gasteiger partial charge on any atom is -0.310 e. The predicted octanol–water partition coefficient (Wildman–Crippen LogP) is 17.4. The first-order valence-electron chi connectivity index (χ1n) is 24.2. The van der Waals surface area contributed by atoms with Gasteiger partial charge in [-0.1, -0.05) is 216 Å². The van der Waals surface area contributed by atoms with E-state index in [2.05, 4.69) is 257 Å². The van der Waals surface area contributed by atoms with Crippen molar-refractivity contribution in [1.82, 2.24) is 0 Å². The zero-order chi connectivity index (χ0) is 45.5. The molecule has 0 amide bonds. The van der Waals surface area contributed by atoms with E-state index in [1.54, 1.807) is 0 Å². The molecule has 0 saturated heterocycles. The Morgan fingerprint density at radius 3 is 1.24 bits per heavy atom. The van der Waals surface area contributed by atoms with Crippen molar-refractivity contribution in [2.45, 2.75) is 43.9 Å². The summed E-state index contributed by atoms with van der Waals surface area (Å²) >= 11 is 0. The minimum absolute atomic E-state index is 0.128. The van der Waals surface area contributed by atoms with Crippen molar-refractivity contribution in [2.75, 3.05) is 4.90 Å². The molecule has 14 rings (SSSR count). The fourth-order valence-electron chi connectivity index (χ4n) is 13.2. The van der Waals surface area contributed by atoms with E-state index >= 15 is 0 Å². The Kier molecular flexibility index (Phi) is 8.08. The summed E-state index contributed by atoms with van der Waals surface area (Å²) < 4.78 is 0. The Hall–Kier alpha value is -8.00. The molecule has 1 heteroatoms. The monoisotopic (exact) mass is 867 g/mol. The third-order valence-corrected chi connectivity index (χ3v) is 16.3. The van der Waals surface area contributed by atoms with E-state index in [0.717, 1.165) is 17.1 Å². The number of hydrogen-bond acceptors (Lipinski definition) is 1. The van der Waals surface area contributed by atoms with E-state index in [1.807, 2.05) is 0 Å². The summed E-state index contributed by atoms with van der Waals surface area (Å²) in [6.45, 7) is 9.68. The first-order chi connectivity index (χ1) is 33.3. The van der Waals surface area contributed by atoms with E-state index in [-0.39, 0.29) is 10.8 Å². The summed E-state index contributed by atoms with van der Waals surface area (Å²) in [5.74, 6) is 0. The van der Waals surface area contributed by atoms with Crippen LogP contribution in [0.1, 0.15) is 72.2 Å². The lowest BCUT2D eigenvalue weighted by Crippen LogP contribution is -2.26. The van der Waals surface area contributed by atoms with Crippen LogP contribution >= 0.6 is 0 Å². The number of anilines is 3. The Morgan fingerprint density at radius 1 is 0.250 bits per heavy atom. The van der Waals surface area contributed by atoms with Gasteiger partial charge in [-0.3, -0.25) is 0 Å². The fraction of sp³-hybridized carbons (Fsp3) is 0.104. The fourth-order valence-corrected chi connectivity index (χ4v) is 13.2. The average molecular weight is 868 g/mol. The molecule has 0 heterocycles.